The molecule has 8 heteroatoms. The van der Waals surface area contributed by atoms with E-state index in [9.17, 15) is 14.0 Å². The number of likely N-dealkylation sites (N-methyl/N-ethyl adjacent to an activating group) is 1. The number of benzene rings is 3. The second-order valence-corrected chi connectivity index (χ2v) is 8.67. The summed E-state index contributed by atoms with van der Waals surface area (Å²) < 4.78 is 30.1. The SMILES string of the molecule is CN1CCc2cc3c(cc2C1C1OC(=O)c2cc(NC(=O)c4ccc(F)cc4)ccc21)OCO3. The van der Waals surface area contributed by atoms with Crippen LogP contribution in [0, 0.1) is 5.82 Å². The Morgan fingerprint density at radius 2 is 1.79 bits per heavy atom. The summed E-state index contributed by atoms with van der Waals surface area (Å²) in [5.41, 5.74) is 4.18. The highest BCUT2D eigenvalue weighted by Crippen LogP contribution is 2.48. The number of hydrogen-bond donors (Lipinski definition) is 1. The molecule has 2 unspecified atom stereocenters. The smallest absolute Gasteiger partial charge is 0.339 e. The van der Waals surface area contributed by atoms with Gasteiger partial charge in [0.1, 0.15) is 11.9 Å². The van der Waals surface area contributed by atoms with E-state index in [1.807, 2.05) is 25.2 Å². The van der Waals surface area contributed by atoms with E-state index in [4.69, 9.17) is 14.2 Å². The summed E-state index contributed by atoms with van der Waals surface area (Å²) in [5.74, 6) is 0.204. The molecule has 0 aliphatic carbocycles. The van der Waals surface area contributed by atoms with E-state index in [1.165, 1.54) is 24.3 Å². The number of carbonyl (C=O) groups excluding carboxylic acids is 2. The first-order chi connectivity index (χ1) is 16.5. The average Bonchev–Trinajstić information content (AvgIpc) is 3.42. The van der Waals surface area contributed by atoms with Gasteiger partial charge < -0.3 is 19.5 Å². The maximum Gasteiger partial charge on any atom is 0.339 e. The molecule has 0 fully saturated rings. The topological polar surface area (TPSA) is 77.1 Å². The van der Waals surface area contributed by atoms with Crippen LogP contribution in [0.5, 0.6) is 11.5 Å². The molecule has 34 heavy (non-hydrogen) atoms. The van der Waals surface area contributed by atoms with Crippen molar-refractivity contribution in [2.75, 3.05) is 25.7 Å². The molecule has 7 nitrogen and oxygen atoms in total. The third-order valence-corrected chi connectivity index (χ3v) is 6.63. The van der Waals surface area contributed by atoms with Crippen molar-refractivity contribution in [3.05, 3.63) is 88.2 Å². The second kappa shape index (κ2) is 7.85. The zero-order valence-corrected chi connectivity index (χ0v) is 18.3. The standard InChI is InChI=1S/C26H21FN2O5/c1-29-9-8-15-10-21-22(33-13-32-21)12-19(15)23(29)24-18-7-6-17(11-20(18)26(31)34-24)28-25(30)14-2-4-16(27)5-3-14/h2-7,10-12,23-24H,8-9,13H2,1H3,(H,28,30). The van der Waals surface area contributed by atoms with Crippen molar-refractivity contribution in [1.82, 2.24) is 4.90 Å². The molecule has 6 rings (SSSR count). The quantitative estimate of drug-likeness (QED) is 0.589. The van der Waals surface area contributed by atoms with Gasteiger partial charge in [0.15, 0.2) is 11.5 Å². The molecule has 0 aromatic heterocycles. The number of nitrogens with zero attached hydrogens (tertiary/aromatic N) is 1. The fourth-order valence-electron chi connectivity index (χ4n) is 4.90. The molecular formula is C26H21FN2O5. The molecule has 3 aliphatic heterocycles. The summed E-state index contributed by atoms with van der Waals surface area (Å²) in [4.78, 5) is 27.5. The Morgan fingerprint density at radius 1 is 1.03 bits per heavy atom. The van der Waals surface area contributed by atoms with E-state index in [2.05, 4.69) is 10.2 Å². The van der Waals surface area contributed by atoms with Crippen LogP contribution in [0.3, 0.4) is 0 Å². The van der Waals surface area contributed by atoms with Gasteiger partial charge in [-0.15, -0.1) is 0 Å². The normalized spacial score (nSPS) is 20.5. The number of carbonyl (C=O) groups is 2. The summed E-state index contributed by atoms with van der Waals surface area (Å²) in [5, 5.41) is 2.76. The van der Waals surface area contributed by atoms with Crippen LogP contribution >= 0.6 is 0 Å². The van der Waals surface area contributed by atoms with Crippen LogP contribution in [0.1, 0.15) is 49.6 Å². The number of ether oxygens (including phenoxy) is 3. The zero-order chi connectivity index (χ0) is 23.4. The molecule has 2 atom stereocenters. The van der Waals surface area contributed by atoms with Gasteiger partial charge in [-0.2, -0.15) is 0 Å². The van der Waals surface area contributed by atoms with Crippen molar-refractivity contribution in [3.8, 4) is 11.5 Å². The molecule has 3 heterocycles. The summed E-state index contributed by atoms with van der Waals surface area (Å²) >= 11 is 0. The third kappa shape index (κ3) is 3.38. The van der Waals surface area contributed by atoms with Crippen LogP contribution in [-0.4, -0.2) is 37.2 Å². The highest BCUT2D eigenvalue weighted by atomic mass is 19.1. The Labute approximate surface area is 195 Å². The van der Waals surface area contributed by atoms with Gasteiger partial charge in [0.25, 0.3) is 5.91 Å². The minimum atomic E-state index is -0.492. The van der Waals surface area contributed by atoms with Crippen LogP contribution in [0.15, 0.2) is 54.6 Å². The van der Waals surface area contributed by atoms with Crippen molar-refractivity contribution >= 4 is 17.6 Å². The molecular weight excluding hydrogens is 439 g/mol. The highest BCUT2D eigenvalue weighted by molar-refractivity contribution is 6.05. The number of amides is 1. The number of anilines is 1. The molecule has 3 aromatic rings. The van der Waals surface area contributed by atoms with Gasteiger partial charge >= 0.3 is 5.97 Å². The lowest BCUT2D eigenvalue weighted by molar-refractivity contribution is 0.00942. The first-order valence-corrected chi connectivity index (χ1v) is 11.0. The monoisotopic (exact) mass is 460 g/mol. The lowest BCUT2D eigenvalue weighted by Gasteiger charge is -2.37. The highest BCUT2D eigenvalue weighted by Gasteiger charge is 2.42. The molecule has 0 radical (unpaired) electrons. The fourth-order valence-corrected chi connectivity index (χ4v) is 4.90. The lowest BCUT2D eigenvalue weighted by Crippen LogP contribution is -2.36. The minimum absolute atomic E-state index is 0.178. The van der Waals surface area contributed by atoms with Crippen molar-refractivity contribution < 1.29 is 28.2 Å². The Hall–Kier alpha value is -3.91. The van der Waals surface area contributed by atoms with E-state index in [0.717, 1.165) is 35.4 Å². The first kappa shape index (κ1) is 20.7. The molecule has 1 N–H and O–H groups in total. The first-order valence-electron chi connectivity index (χ1n) is 11.0. The van der Waals surface area contributed by atoms with Gasteiger partial charge in [0.2, 0.25) is 6.79 Å². The van der Waals surface area contributed by atoms with E-state index in [0.29, 0.717) is 22.6 Å². The van der Waals surface area contributed by atoms with Gasteiger partial charge in [0, 0.05) is 23.4 Å². The predicted octanol–water partition coefficient (Wildman–Crippen LogP) is 4.25. The number of nitrogens with one attached hydrogen (secondary N) is 1. The number of halogens is 1. The summed E-state index contributed by atoms with van der Waals surface area (Å²) in [6.07, 6.45) is 0.370. The number of rotatable bonds is 3. The van der Waals surface area contributed by atoms with Gasteiger partial charge in [-0.1, -0.05) is 6.07 Å². The minimum Gasteiger partial charge on any atom is -0.454 e. The van der Waals surface area contributed by atoms with Crippen molar-refractivity contribution in [1.29, 1.82) is 0 Å². The molecule has 1 amide bonds. The van der Waals surface area contributed by atoms with E-state index in [1.54, 1.807) is 12.1 Å². The Bertz CT molecular complexity index is 1320. The average molecular weight is 460 g/mol. The number of fused-ring (bicyclic) bond motifs is 3. The van der Waals surface area contributed by atoms with E-state index in [-0.39, 0.29) is 18.7 Å². The summed E-state index contributed by atoms with van der Waals surface area (Å²) in [6.45, 7) is 1.01. The lowest BCUT2D eigenvalue weighted by atomic mass is 9.86. The van der Waals surface area contributed by atoms with Crippen molar-refractivity contribution in [2.24, 2.45) is 0 Å². The Morgan fingerprint density at radius 3 is 2.59 bits per heavy atom. The van der Waals surface area contributed by atoms with Gasteiger partial charge in [-0.3, -0.25) is 9.69 Å². The molecule has 0 bridgehead atoms. The van der Waals surface area contributed by atoms with Crippen LogP contribution in [-0.2, 0) is 11.2 Å². The maximum absolute atomic E-state index is 13.1. The Kier molecular flexibility index (Phi) is 4.77. The zero-order valence-electron chi connectivity index (χ0n) is 18.3. The third-order valence-electron chi connectivity index (χ3n) is 6.63. The molecule has 0 spiro atoms. The predicted molar refractivity (Wildman–Crippen MR) is 121 cm³/mol. The maximum atomic E-state index is 13.1. The molecule has 0 saturated heterocycles. The second-order valence-electron chi connectivity index (χ2n) is 8.67. The fraction of sp³-hybridized carbons (Fsp3) is 0.231. The largest absolute Gasteiger partial charge is 0.454 e. The van der Waals surface area contributed by atoms with Crippen molar-refractivity contribution in [3.63, 3.8) is 0 Å². The van der Waals surface area contributed by atoms with Gasteiger partial charge in [0.05, 0.1) is 11.6 Å². The van der Waals surface area contributed by atoms with Crippen molar-refractivity contribution in [2.45, 2.75) is 18.6 Å². The number of esters is 1. The van der Waals surface area contributed by atoms with Gasteiger partial charge in [-0.05, 0) is 73.1 Å². The Balaban J connectivity index is 1.31. The molecule has 0 saturated carbocycles. The molecule has 172 valence electrons. The van der Waals surface area contributed by atoms with Crippen LogP contribution < -0.4 is 14.8 Å². The van der Waals surface area contributed by atoms with Crippen LogP contribution in [0.2, 0.25) is 0 Å². The molecule has 3 aliphatic rings. The molecule has 3 aromatic carbocycles. The van der Waals surface area contributed by atoms with E-state index >= 15 is 0 Å². The number of cyclic esters (lactones) is 1. The summed E-state index contributed by atoms with van der Waals surface area (Å²) in [7, 11) is 2.02. The van der Waals surface area contributed by atoms with E-state index < -0.39 is 17.9 Å². The van der Waals surface area contributed by atoms with Crippen LogP contribution in [0.25, 0.3) is 0 Å². The van der Waals surface area contributed by atoms with Gasteiger partial charge in [-0.25, -0.2) is 9.18 Å². The van der Waals surface area contributed by atoms with Crippen LogP contribution in [0.4, 0.5) is 10.1 Å². The summed E-state index contributed by atoms with van der Waals surface area (Å²) in [6, 6.07) is 14.3. The number of hydrogen-bond acceptors (Lipinski definition) is 6.